The molecule has 0 aliphatic heterocycles. The smallest absolute Gasteiger partial charge is 0.351 e. The highest BCUT2D eigenvalue weighted by Gasteiger charge is 2.18. The summed E-state index contributed by atoms with van der Waals surface area (Å²) in [6.45, 7) is 0. The van der Waals surface area contributed by atoms with Crippen molar-refractivity contribution < 1.29 is 19.4 Å². The highest BCUT2D eigenvalue weighted by molar-refractivity contribution is 7.21. The number of aromatic hydroxyl groups is 1. The monoisotopic (exact) mass is 251 g/mol. The van der Waals surface area contributed by atoms with E-state index < -0.39 is 11.9 Å². The minimum absolute atomic E-state index is 0.115. The molecule has 1 aromatic heterocycles. The zero-order valence-electron chi connectivity index (χ0n) is 8.89. The van der Waals surface area contributed by atoms with E-state index in [0.717, 1.165) is 11.3 Å². The Hall–Kier alpha value is -2.08. The first-order valence-corrected chi connectivity index (χ1v) is 5.50. The molecule has 88 valence electrons. The molecular formula is C11H9NO4S. The minimum Gasteiger partial charge on any atom is -0.505 e. The number of hydrogen-bond acceptors (Lipinski definition) is 5. The highest BCUT2D eigenvalue weighted by Crippen LogP contribution is 2.37. The summed E-state index contributed by atoms with van der Waals surface area (Å²) in [7, 11) is 1.24. The van der Waals surface area contributed by atoms with Gasteiger partial charge in [0.15, 0.2) is 4.88 Å². The van der Waals surface area contributed by atoms with Crippen LogP contribution in [0.2, 0.25) is 0 Å². The van der Waals surface area contributed by atoms with Crippen LogP contribution in [0.4, 0.5) is 0 Å². The van der Waals surface area contributed by atoms with Crippen LogP contribution in [-0.2, 0) is 4.74 Å². The Bertz CT molecular complexity index is 617. The van der Waals surface area contributed by atoms with E-state index in [9.17, 15) is 14.7 Å². The van der Waals surface area contributed by atoms with Crippen molar-refractivity contribution in [2.24, 2.45) is 5.73 Å². The molecule has 1 heterocycles. The molecule has 0 radical (unpaired) electrons. The molecule has 0 unspecified atom stereocenters. The fourth-order valence-electron chi connectivity index (χ4n) is 1.47. The third-order valence-corrected chi connectivity index (χ3v) is 3.44. The van der Waals surface area contributed by atoms with Crippen LogP contribution in [0.3, 0.4) is 0 Å². The SMILES string of the molecule is COC(=O)c1sc2cc(C(N)=O)ccc2c1O. The summed E-state index contributed by atoms with van der Waals surface area (Å²) >= 11 is 1.06. The summed E-state index contributed by atoms with van der Waals surface area (Å²) in [5.41, 5.74) is 5.48. The molecule has 17 heavy (non-hydrogen) atoms. The van der Waals surface area contributed by atoms with E-state index in [1.165, 1.54) is 19.2 Å². The Morgan fingerprint density at radius 3 is 2.71 bits per heavy atom. The van der Waals surface area contributed by atoms with Gasteiger partial charge in [-0.05, 0) is 18.2 Å². The third-order valence-electron chi connectivity index (χ3n) is 2.32. The van der Waals surface area contributed by atoms with Gasteiger partial charge in [0.25, 0.3) is 0 Å². The van der Waals surface area contributed by atoms with Crippen molar-refractivity contribution in [2.45, 2.75) is 0 Å². The van der Waals surface area contributed by atoms with Crippen LogP contribution in [0.5, 0.6) is 5.75 Å². The second-order valence-electron chi connectivity index (χ2n) is 3.35. The molecule has 5 nitrogen and oxygen atoms in total. The van der Waals surface area contributed by atoms with Gasteiger partial charge >= 0.3 is 5.97 Å². The summed E-state index contributed by atoms with van der Waals surface area (Å²) in [4.78, 5) is 22.5. The number of ether oxygens (including phenoxy) is 1. The normalized spacial score (nSPS) is 10.4. The lowest BCUT2D eigenvalue weighted by Gasteiger charge is -1.95. The lowest BCUT2D eigenvalue weighted by atomic mass is 10.1. The first-order chi connectivity index (χ1) is 8.04. The lowest BCUT2D eigenvalue weighted by molar-refractivity contribution is 0.0603. The number of fused-ring (bicyclic) bond motifs is 1. The summed E-state index contributed by atoms with van der Waals surface area (Å²) in [6.07, 6.45) is 0. The molecule has 1 amide bonds. The molecule has 2 aromatic rings. The molecule has 1 aromatic carbocycles. The second-order valence-corrected chi connectivity index (χ2v) is 4.40. The average Bonchev–Trinajstić information content (AvgIpc) is 2.65. The molecule has 0 spiro atoms. The summed E-state index contributed by atoms with van der Waals surface area (Å²) in [6, 6.07) is 4.58. The van der Waals surface area contributed by atoms with Gasteiger partial charge in [0.2, 0.25) is 5.91 Å². The molecule has 0 fully saturated rings. The number of thiophene rings is 1. The molecule has 2 rings (SSSR count). The molecule has 0 saturated carbocycles. The first-order valence-electron chi connectivity index (χ1n) is 4.68. The van der Waals surface area contributed by atoms with Crippen molar-refractivity contribution in [1.29, 1.82) is 0 Å². The third kappa shape index (κ3) is 1.83. The van der Waals surface area contributed by atoms with Crippen LogP contribution in [0, 0.1) is 0 Å². The van der Waals surface area contributed by atoms with Gasteiger partial charge in [0.1, 0.15) is 5.75 Å². The van der Waals surface area contributed by atoms with Crippen LogP contribution in [0.1, 0.15) is 20.0 Å². The van der Waals surface area contributed by atoms with E-state index >= 15 is 0 Å². The van der Waals surface area contributed by atoms with E-state index in [1.807, 2.05) is 0 Å². The zero-order chi connectivity index (χ0) is 12.6. The van der Waals surface area contributed by atoms with Crippen LogP contribution in [0.15, 0.2) is 18.2 Å². The molecule has 3 N–H and O–H groups in total. The number of methoxy groups -OCH3 is 1. The Labute approximate surface area is 100 Å². The number of esters is 1. The largest absolute Gasteiger partial charge is 0.505 e. The predicted molar refractivity (Wildman–Crippen MR) is 63.3 cm³/mol. The molecule has 0 aliphatic rings. The van der Waals surface area contributed by atoms with E-state index in [2.05, 4.69) is 4.74 Å². The van der Waals surface area contributed by atoms with Crippen LogP contribution in [0.25, 0.3) is 10.1 Å². The summed E-state index contributed by atoms with van der Waals surface area (Å²) in [5, 5.41) is 10.3. The maximum Gasteiger partial charge on any atom is 0.351 e. The van der Waals surface area contributed by atoms with Gasteiger partial charge in [-0.2, -0.15) is 0 Å². The van der Waals surface area contributed by atoms with E-state index in [0.29, 0.717) is 15.6 Å². The van der Waals surface area contributed by atoms with Crippen LogP contribution < -0.4 is 5.73 Å². The number of amides is 1. The molecular weight excluding hydrogens is 242 g/mol. The summed E-state index contributed by atoms with van der Waals surface area (Å²) in [5.74, 6) is -1.29. The summed E-state index contributed by atoms with van der Waals surface area (Å²) < 4.78 is 5.15. The molecule has 0 saturated heterocycles. The lowest BCUT2D eigenvalue weighted by Crippen LogP contribution is -2.10. The van der Waals surface area contributed by atoms with Gasteiger partial charge in [-0.1, -0.05) is 0 Å². The van der Waals surface area contributed by atoms with E-state index in [4.69, 9.17) is 5.73 Å². The van der Waals surface area contributed by atoms with Gasteiger partial charge in [0, 0.05) is 15.6 Å². The fourth-order valence-corrected chi connectivity index (χ4v) is 2.52. The van der Waals surface area contributed by atoms with Crippen LogP contribution in [-0.4, -0.2) is 24.1 Å². The number of nitrogens with two attached hydrogens (primary N) is 1. The Morgan fingerprint density at radius 2 is 2.12 bits per heavy atom. The van der Waals surface area contributed by atoms with Gasteiger partial charge < -0.3 is 15.6 Å². The van der Waals surface area contributed by atoms with Crippen molar-refractivity contribution in [1.82, 2.24) is 0 Å². The first kappa shape index (κ1) is 11.4. The maximum absolute atomic E-state index is 11.4. The van der Waals surface area contributed by atoms with Gasteiger partial charge in [-0.25, -0.2) is 4.79 Å². The maximum atomic E-state index is 11.4. The number of primary amides is 1. The number of rotatable bonds is 2. The fraction of sp³-hybridized carbons (Fsp3) is 0.0909. The van der Waals surface area contributed by atoms with Gasteiger partial charge in [-0.15, -0.1) is 11.3 Å². The average molecular weight is 251 g/mol. The minimum atomic E-state index is -0.607. The van der Waals surface area contributed by atoms with Gasteiger partial charge in [-0.3, -0.25) is 4.79 Å². The van der Waals surface area contributed by atoms with Crippen molar-refractivity contribution in [3.05, 3.63) is 28.6 Å². The number of hydrogen-bond donors (Lipinski definition) is 2. The number of carbonyl (C=O) groups excluding carboxylic acids is 2. The molecule has 6 heteroatoms. The topological polar surface area (TPSA) is 89.6 Å². The van der Waals surface area contributed by atoms with E-state index in [1.54, 1.807) is 6.07 Å². The van der Waals surface area contributed by atoms with Crippen LogP contribution >= 0.6 is 11.3 Å². The quantitative estimate of drug-likeness (QED) is 0.791. The number of benzene rings is 1. The second kappa shape index (κ2) is 4.06. The Balaban J connectivity index is 2.65. The van der Waals surface area contributed by atoms with Crippen molar-refractivity contribution in [2.75, 3.05) is 7.11 Å². The van der Waals surface area contributed by atoms with Crippen molar-refractivity contribution in [3.63, 3.8) is 0 Å². The molecule has 0 bridgehead atoms. The van der Waals surface area contributed by atoms with Crippen molar-refractivity contribution in [3.8, 4) is 5.75 Å². The van der Waals surface area contributed by atoms with Gasteiger partial charge in [0.05, 0.1) is 7.11 Å². The Morgan fingerprint density at radius 1 is 1.41 bits per heavy atom. The molecule has 0 atom stereocenters. The zero-order valence-corrected chi connectivity index (χ0v) is 9.71. The standard InChI is InChI=1S/C11H9NO4S/c1-16-11(15)9-8(13)6-3-2-5(10(12)14)4-7(6)17-9/h2-4,13H,1H3,(H2,12,14). The predicted octanol–water partition coefficient (Wildman–Crippen LogP) is 1.49. The van der Waals surface area contributed by atoms with Crippen molar-refractivity contribution >= 4 is 33.3 Å². The highest BCUT2D eigenvalue weighted by atomic mass is 32.1. The number of carbonyl (C=O) groups is 2. The van der Waals surface area contributed by atoms with E-state index in [-0.39, 0.29) is 10.6 Å². The Kier molecular flexibility index (Phi) is 2.72. The molecule has 0 aliphatic carbocycles.